The number of imidazole rings is 1. The molecule has 1 aliphatic heterocycles. The number of hydrogen-bond acceptors (Lipinski definition) is 6. The molecule has 0 amide bonds. The second-order valence-corrected chi connectivity index (χ2v) is 4.13. The van der Waals surface area contributed by atoms with Crippen molar-refractivity contribution >= 4 is 16.9 Å². The molecule has 0 spiro atoms. The predicted molar refractivity (Wildman–Crippen MR) is 61.5 cm³/mol. The minimum absolute atomic E-state index is 0.119. The van der Waals surface area contributed by atoms with Gasteiger partial charge >= 0.3 is 0 Å². The van der Waals surface area contributed by atoms with Gasteiger partial charge < -0.3 is 20.4 Å². The minimum Gasteiger partial charge on any atom is -0.394 e. The van der Waals surface area contributed by atoms with Crippen LogP contribution in [0.1, 0.15) is 12.6 Å². The lowest BCUT2D eigenvalue weighted by Crippen LogP contribution is -2.12. The molecule has 3 heterocycles. The molecule has 2 aromatic rings. The van der Waals surface area contributed by atoms with Crippen LogP contribution in [0.5, 0.6) is 0 Å². The van der Waals surface area contributed by atoms with Crippen LogP contribution in [0.4, 0.5) is 5.82 Å². The molecule has 3 rings (SSSR count). The molecule has 1 unspecified atom stereocenters. The van der Waals surface area contributed by atoms with Gasteiger partial charge in [-0.3, -0.25) is 4.79 Å². The van der Waals surface area contributed by atoms with Crippen LogP contribution in [0, 0.1) is 0 Å². The van der Waals surface area contributed by atoms with Gasteiger partial charge in [0.15, 0.2) is 11.7 Å². The van der Waals surface area contributed by atoms with Crippen LogP contribution in [0.3, 0.4) is 0 Å². The first-order valence-electron chi connectivity index (χ1n) is 5.47. The Hall–Kier alpha value is -1.90. The third kappa shape index (κ3) is 1.67. The van der Waals surface area contributed by atoms with Crippen LogP contribution < -0.4 is 11.3 Å². The van der Waals surface area contributed by atoms with Gasteiger partial charge in [-0.1, -0.05) is 0 Å². The van der Waals surface area contributed by atoms with E-state index in [2.05, 4.69) is 9.97 Å². The largest absolute Gasteiger partial charge is 0.394 e. The molecule has 0 bridgehead atoms. The fourth-order valence-electron chi connectivity index (χ4n) is 2.00. The van der Waals surface area contributed by atoms with Crippen molar-refractivity contribution in [3.8, 4) is 0 Å². The van der Waals surface area contributed by atoms with Crippen LogP contribution in [-0.2, 0) is 9.78 Å². The number of aromatic amines is 1. The van der Waals surface area contributed by atoms with Crippen molar-refractivity contribution < 1.29 is 14.9 Å². The number of fused-ring (bicyclic) bond motifs is 1. The summed E-state index contributed by atoms with van der Waals surface area (Å²) >= 11 is 0. The minimum atomic E-state index is -0.423. The van der Waals surface area contributed by atoms with Gasteiger partial charge in [0.25, 0.3) is 5.56 Å². The van der Waals surface area contributed by atoms with E-state index in [1.807, 2.05) is 0 Å². The summed E-state index contributed by atoms with van der Waals surface area (Å²) in [5, 5.41) is 8.98. The van der Waals surface area contributed by atoms with Gasteiger partial charge in [0, 0.05) is 12.5 Å². The number of aromatic nitrogens is 3. The van der Waals surface area contributed by atoms with E-state index >= 15 is 0 Å². The number of anilines is 1. The molecule has 8 heteroatoms. The van der Waals surface area contributed by atoms with Crippen LogP contribution >= 0.6 is 0 Å². The van der Waals surface area contributed by atoms with E-state index in [1.165, 1.54) is 6.33 Å². The molecule has 4 N–H and O–H groups in total. The number of nitrogen functional groups attached to an aromatic ring is 1. The van der Waals surface area contributed by atoms with Crippen molar-refractivity contribution in [2.75, 3.05) is 12.3 Å². The Kier molecular flexibility index (Phi) is 2.54. The number of nitrogens with two attached hydrogens (primary N) is 1. The highest BCUT2D eigenvalue weighted by molar-refractivity contribution is 5.76. The van der Waals surface area contributed by atoms with Crippen LogP contribution in [0.15, 0.2) is 17.2 Å². The van der Waals surface area contributed by atoms with Gasteiger partial charge in [0.2, 0.25) is 0 Å². The van der Waals surface area contributed by atoms with Crippen LogP contribution in [0.2, 0.25) is 0 Å². The quantitative estimate of drug-likeness (QED) is 0.622. The highest BCUT2D eigenvalue weighted by Gasteiger charge is 2.29. The lowest BCUT2D eigenvalue weighted by atomic mass is 10.2. The zero-order chi connectivity index (χ0) is 12.7. The molecule has 96 valence electrons. The Balaban J connectivity index is 2.05. The Bertz CT molecular complexity index is 634. The van der Waals surface area contributed by atoms with Gasteiger partial charge in [-0.15, -0.1) is 0 Å². The molecule has 18 heavy (non-hydrogen) atoms. The molecule has 1 aliphatic rings. The summed E-state index contributed by atoms with van der Waals surface area (Å²) in [6, 6.07) is 1.61. The van der Waals surface area contributed by atoms with E-state index in [-0.39, 0.29) is 24.1 Å². The monoisotopic (exact) mass is 252 g/mol. The summed E-state index contributed by atoms with van der Waals surface area (Å²) in [5.41, 5.74) is 6.11. The number of aliphatic hydroxyl groups excluding tert-OH is 1. The highest BCUT2D eigenvalue weighted by Crippen LogP contribution is 2.28. The van der Waals surface area contributed by atoms with Crippen molar-refractivity contribution in [1.29, 1.82) is 0 Å². The van der Waals surface area contributed by atoms with E-state index < -0.39 is 6.23 Å². The lowest BCUT2D eigenvalue weighted by molar-refractivity contribution is -0.313. The molecule has 1 saturated heterocycles. The summed E-state index contributed by atoms with van der Waals surface area (Å²) in [6.45, 7) is -0.119. The number of pyridine rings is 1. The molecule has 1 fully saturated rings. The molecule has 0 aromatic carbocycles. The highest BCUT2D eigenvalue weighted by atomic mass is 17.2. The maximum Gasteiger partial charge on any atom is 0.277 e. The average molecular weight is 252 g/mol. The number of nitrogens with one attached hydrogen (secondary N) is 1. The number of rotatable bonds is 2. The van der Waals surface area contributed by atoms with Crippen molar-refractivity contribution in [3.05, 3.63) is 22.7 Å². The Morgan fingerprint density at radius 2 is 2.44 bits per heavy atom. The van der Waals surface area contributed by atoms with Crippen molar-refractivity contribution in [3.63, 3.8) is 0 Å². The first kappa shape index (κ1) is 11.2. The Labute approximate surface area is 101 Å². The molecule has 0 radical (unpaired) electrons. The van der Waals surface area contributed by atoms with Gasteiger partial charge in [-0.2, -0.15) is 0 Å². The first-order chi connectivity index (χ1) is 8.69. The zero-order valence-electron chi connectivity index (χ0n) is 9.37. The lowest BCUT2D eigenvalue weighted by Gasteiger charge is -2.09. The number of nitrogens with zero attached hydrogens (tertiary/aromatic N) is 2. The van der Waals surface area contributed by atoms with Crippen molar-refractivity contribution in [2.24, 2.45) is 0 Å². The van der Waals surface area contributed by atoms with Gasteiger partial charge in [0.05, 0.1) is 18.5 Å². The topological polar surface area (TPSA) is 115 Å². The second-order valence-electron chi connectivity index (χ2n) is 4.13. The van der Waals surface area contributed by atoms with Crippen LogP contribution in [0.25, 0.3) is 11.0 Å². The number of H-pyrrole nitrogens is 1. The molecule has 8 nitrogen and oxygen atoms in total. The van der Waals surface area contributed by atoms with E-state index in [1.54, 1.807) is 10.6 Å². The van der Waals surface area contributed by atoms with Gasteiger partial charge in [0.1, 0.15) is 11.9 Å². The van der Waals surface area contributed by atoms with Gasteiger partial charge in [-0.25, -0.2) is 14.8 Å². The third-order valence-corrected chi connectivity index (χ3v) is 2.88. The van der Waals surface area contributed by atoms with Crippen molar-refractivity contribution in [1.82, 2.24) is 14.5 Å². The molecular weight excluding hydrogens is 240 g/mol. The summed E-state index contributed by atoms with van der Waals surface area (Å²) < 4.78 is 1.66. The molecule has 0 saturated carbocycles. The fraction of sp³-hybridized carbons (Fsp3) is 0.400. The smallest absolute Gasteiger partial charge is 0.277 e. The van der Waals surface area contributed by atoms with Gasteiger partial charge in [-0.05, 0) is 0 Å². The van der Waals surface area contributed by atoms with Crippen LogP contribution in [-0.4, -0.2) is 32.4 Å². The summed E-state index contributed by atoms with van der Waals surface area (Å²) in [4.78, 5) is 28.1. The fourth-order valence-corrected chi connectivity index (χ4v) is 2.00. The second kappa shape index (κ2) is 4.09. The Morgan fingerprint density at radius 1 is 1.61 bits per heavy atom. The molecule has 2 aromatic heterocycles. The third-order valence-electron chi connectivity index (χ3n) is 2.88. The van der Waals surface area contributed by atoms with E-state index in [0.717, 1.165) is 0 Å². The normalized spacial score (nSPS) is 23.8. The summed E-state index contributed by atoms with van der Waals surface area (Å²) in [5.74, 6) is 0.256. The Morgan fingerprint density at radius 3 is 3.17 bits per heavy atom. The summed E-state index contributed by atoms with van der Waals surface area (Å²) in [6.07, 6.45) is 1.18. The van der Waals surface area contributed by atoms with E-state index in [9.17, 15) is 4.79 Å². The molecule has 2 atom stereocenters. The van der Waals surface area contributed by atoms with Crippen molar-refractivity contribution in [2.45, 2.75) is 18.8 Å². The predicted octanol–water partition coefficient (Wildman–Crippen LogP) is -0.482. The molecule has 0 aliphatic carbocycles. The van der Waals surface area contributed by atoms with E-state index in [4.69, 9.17) is 20.6 Å². The average Bonchev–Trinajstić information content (AvgIpc) is 2.93. The number of aliphatic hydroxyl groups is 1. The maximum atomic E-state index is 11.6. The first-order valence-corrected chi connectivity index (χ1v) is 5.47. The maximum absolute atomic E-state index is 11.6. The number of hydrogen-bond donors (Lipinski definition) is 3. The zero-order valence-corrected chi connectivity index (χ0v) is 9.37. The SMILES string of the molecule is Nc1cc2c(ncn2[C@@H]2CC(CO)OO2)c(=O)[nH]1. The summed E-state index contributed by atoms with van der Waals surface area (Å²) in [7, 11) is 0. The standard InChI is InChI=1S/C10H12N4O4/c11-7-2-6-9(10(16)13-7)12-4-14(6)8-1-5(3-15)17-18-8/h2,4-5,8,15H,1,3H2,(H3,11,13,16)/t5?,8-/m0/s1. The van der Waals surface area contributed by atoms with E-state index in [0.29, 0.717) is 17.5 Å². The molecular formula is C10H12N4O4.